The number of anilines is 1. The molecule has 0 unspecified atom stereocenters. The van der Waals surface area contributed by atoms with Crippen molar-refractivity contribution >= 4 is 33.0 Å². The lowest BCUT2D eigenvalue weighted by molar-refractivity contribution is -0.119. The fraction of sp³-hybridized carbons (Fsp3) is 0.227. The van der Waals surface area contributed by atoms with Gasteiger partial charge in [0.1, 0.15) is 0 Å². The summed E-state index contributed by atoms with van der Waals surface area (Å²) in [6.45, 7) is 4.31. The standard InChI is InChI=1S/C22H23N2O4S2/c1-16(2)18-7-11-21(12-8-18)30(27,28)24(15-20-4-3-13-29-20)19-9-5-17(6-10-19)14-22(25)23-26/h3-13,16H,14-15H2,1-2H3,(H-,23,25,26)/q-1. The molecular weight excluding hydrogens is 420 g/mol. The van der Waals surface area contributed by atoms with Gasteiger partial charge < -0.3 is 10.7 Å². The maximum Gasteiger partial charge on any atom is 0.264 e. The summed E-state index contributed by atoms with van der Waals surface area (Å²) in [7, 11) is -3.80. The molecule has 0 bridgehead atoms. The van der Waals surface area contributed by atoms with Crippen LogP contribution < -0.4 is 9.79 Å². The number of rotatable bonds is 8. The fourth-order valence-corrected chi connectivity index (χ4v) is 5.23. The first kappa shape index (κ1) is 22.0. The Morgan fingerprint density at radius 2 is 1.73 bits per heavy atom. The molecule has 1 N–H and O–H groups in total. The number of carbonyl (C=O) groups is 1. The molecular formula is C22H23N2O4S2-. The predicted molar refractivity (Wildman–Crippen MR) is 120 cm³/mol. The van der Waals surface area contributed by atoms with Crippen molar-refractivity contribution in [3.05, 3.63) is 87.3 Å². The van der Waals surface area contributed by atoms with Gasteiger partial charge >= 0.3 is 0 Å². The van der Waals surface area contributed by atoms with Crippen LogP contribution in [0.4, 0.5) is 5.69 Å². The summed E-state index contributed by atoms with van der Waals surface area (Å²) >= 11 is 1.48. The summed E-state index contributed by atoms with van der Waals surface area (Å²) in [6, 6.07) is 17.3. The highest BCUT2D eigenvalue weighted by Crippen LogP contribution is 2.28. The molecule has 0 aliphatic heterocycles. The molecule has 3 aromatic rings. The minimum absolute atomic E-state index is 0.0574. The average Bonchev–Trinajstić information content (AvgIpc) is 3.26. The van der Waals surface area contributed by atoms with Gasteiger partial charge in [-0.3, -0.25) is 9.10 Å². The number of hydrogen-bond donors (Lipinski definition) is 1. The van der Waals surface area contributed by atoms with Crippen molar-refractivity contribution in [2.45, 2.75) is 37.6 Å². The van der Waals surface area contributed by atoms with Gasteiger partial charge in [0.25, 0.3) is 10.0 Å². The van der Waals surface area contributed by atoms with E-state index in [4.69, 9.17) is 0 Å². The maximum absolute atomic E-state index is 13.5. The van der Waals surface area contributed by atoms with E-state index in [1.807, 2.05) is 29.6 Å². The second-order valence-corrected chi connectivity index (χ2v) is 10.1. The molecule has 0 saturated carbocycles. The van der Waals surface area contributed by atoms with E-state index >= 15 is 0 Å². The zero-order chi connectivity index (χ0) is 21.7. The number of hydroxylamine groups is 1. The van der Waals surface area contributed by atoms with Gasteiger partial charge in [-0.15, -0.1) is 11.3 Å². The van der Waals surface area contributed by atoms with E-state index in [9.17, 15) is 18.4 Å². The molecule has 1 heterocycles. The minimum atomic E-state index is -3.80. The van der Waals surface area contributed by atoms with Crippen LogP contribution in [-0.4, -0.2) is 14.3 Å². The Balaban J connectivity index is 1.96. The van der Waals surface area contributed by atoms with Crippen molar-refractivity contribution in [3.63, 3.8) is 0 Å². The summed E-state index contributed by atoms with van der Waals surface area (Å²) in [5.74, 6) is -0.334. The highest BCUT2D eigenvalue weighted by atomic mass is 32.2. The third kappa shape index (κ3) is 5.08. The van der Waals surface area contributed by atoms with Crippen LogP contribution in [0.25, 0.3) is 0 Å². The van der Waals surface area contributed by atoms with E-state index < -0.39 is 15.9 Å². The Bertz CT molecular complexity index is 1080. The number of nitrogens with one attached hydrogen (secondary N) is 1. The van der Waals surface area contributed by atoms with Crippen molar-refractivity contribution in [3.8, 4) is 0 Å². The third-order valence-corrected chi connectivity index (χ3v) is 7.37. The van der Waals surface area contributed by atoms with Crippen LogP contribution in [-0.2, 0) is 27.8 Å². The van der Waals surface area contributed by atoms with Crippen LogP contribution in [0.2, 0.25) is 0 Å². The zero-order valence-electron chi connectivity index (χ0n) is 16.7. The van der Waals surface area contributed by atoms with Gasteiger partial charge in [-0.05, 0) is 52.8 Å². The van der Waals surface area contributed by atoms with E-state index in [2.05, 4.69) is 13.8 Å². The largest absolute Gasteiger partial charge is 0.759 e. The lowest BCUT2D eigenvalue weighted by atomic mass is 10.0. The minimum Gasteiger partial charge on any atom is -0.759 e. The molecule has 6 nitrogen and oxygen atoms in total. The van der Waals surface area contributed by atoms with E-state index in [0.717, 1.165) is 10.4 Å². The van der Waals surface area contributed by atoms with Gasteiger partial charge in [-0.2, -0.15) is 0 Å². The topological polar surface area (TPSA) is 89.5 Å². The summed E-state index contributed by atoms with van der Waals surface area (Å²) in [4.78, 5) is 12.4. The number of thiophene rings is 1. The van der Waals surface area contributed by atoms with Gasteiger partial charge in [0.15, 0.2) is 0 Å². The fourth-order valence-electron chi connectivity index (χ4n) is 3.01. The van der Waals surface area contributed by atoms with Gasteiger partial charge in [0.05, 0.1) is 23.5 Å². The second-order valence-electron chi connectivity index (χ2n) is 7.18. The van der Waals surface area contributed by atoms with E-state index in [-0.39, 0.29) is 17.9 Å². The third-order valence-electron chi connectivity index (χ3n) is 4.72. The number of carbonyl (C=O) groups excluding carboxylic acids is 1. The first-order valence-electron chi connectivity index (χ1n) is 9.46. The highest BCUT2D eigenvalue weighted by Gasteiger charge is 2.25. The van der Waals surface area contributed by atoms with Crippen molar-refractivity contribution in [1.82, 2.24) is 5.48 Å². The van der Waals surface area contributed by atoms with Crippen LogP contribution in [0.5, 0.6) is 0 Å². The first-order chi connectivity index (χ1) is 14.3. The molecule has 0 fully saturated rings. The van der Waals surface area contributed by atoms with Gasteiger partial charge in [-0.25, -0.2) is 8.42 Å². The normalized spacial score (nSPS) is 11.5. The van der Waals surface area contributed by atoms with Gasteiger partial charge in [0.2, 0.25) is 5.91 Å². The van der Waals surface area contributed by atoms with Crippen LogP contribution in [0.1, 0.15) is 35.8 Å². The van der Waals surface area contributed by atoms with E-state index in [0.29, 0.717) is 17.2 Å². The Morgan fingerprint density at radius 1 is 1.07 bits per heavy atom. The molecule has 0 atom stereocenters. The zero-order valence-corrected chi connectivity index (χ0v) is 18.4. The number of nitrogens with zero attached hydrogens (tertiary/aromatic N) is 1. The lowest BCUT2D eigenvalue weighted by Gasteiger charge is -2.24. The number of benzene rings is 2. The van der Waals surface area contributed by atoms with Crippen LogP contribution in [0.3, 0.4) is 0 Å². The van der Waals surface area contributed by atoms with Crippen molar-refractivity contribution in [2.24, 2.45) is 0 Å². The summed E-state index contributed by atoms with van der Waals surface area (Å²) < 4.78 is 28.3. The van der Waals surface area contributed by atoms with E-state index in [1.165, 1.54) is 21.1 Å². The van der Waals surface area contributed by atoms with Crippen molar-refractivity contribution in [1.29, 1.82) is 0 Å². The molecule has 0 radical (unpaired) electrons. The average molecular weight is 444 g/mol. The molecule has 0 spiro atoms. The summed E-state index contributed by atoms with van der Waals surface area (Å²) in [5.41, 5.74) is 3.53. The van der Waals surface area contributed by atoms with Crippen LogP contribution in [0, 0.1) is 5.21 Å². The summed E-state index contributed by atoms with van der Waals surface area (Å²) in [6.07, 6.45) is -0.0574. The molecule has 3 rings (SSSR count). The van der Waals surface area contributed by atoms with Crippen molar-refractivity contribution in [2.75, 3.05) is 4.31 Å². The Labute approximate surface area is 180 Å². The molecule has 0 saturated heterocycles. The number of sulfonamides is 1. The Hall–Kier alpha value is -2.68. The molecule has 0 aliphatic rings. The summed E-state index contributed by atoms with van der Waals surface area (Å²) in [5, 5.41) is 12.4. The maximum atomic E-state index is 13.5. The molecule has 8 heteroatoms. The smallest absolute Gasteiger partial charge is 0.264 e. The van der Waals surface area contributed by atoms with E-state index in [1.54, 1.807) is 36.4 Å². The molecule has 2 aromatic carbocycles. The molecule has 158 valence electrons. The van der Waals surface area contributed by atoms with Crippen LogP contribution >= 0.6 is 11.3 Å². The highest BCUT2D eigenvalue weighted by molar-refractivity contribution is 7.92. The Kier molecular flexibility index (Phi) is 6.91. The number of hydrogen-bond acceptors (Lipinski definition) is 5. The van der Waals surface area contributed by atoms with Gasteiger partial charge in [0, 0.05) is 4.88 Å². The number of amides is 1. The second kappa shape index (κ2) is 9.42. The quantitative estimate of drug-likeness (QED) is 0.522. The lowest BCUT2D eigenvalue weighted by Crippen LogP contribution is -2.30. The molecule has 1 aromatic heterocycles. The van der Waals surface area contributed by atoms with Crippen molar-refractivity contribution < 1.29 is 13.2 Å². The first-order valence-corrected chi connectivity index (χ1v) is 11.8. The van der Waals surface area contributed by atoms with Crippen LogP contribution in [0.15, 0.2) is 70.9 Å². The van der Waals surface area contributed by atoms with Gasteiger partial charge in [-0.1, -0.05) is 44.2 Å². The molecule has 0 aliphatic carbocycles. The molecule has 1 amide bonds. The monoisotopic (exact) mass is 443 g/mol. The predicted octanol–water partition coefficient (Wildman–Crippen LogP) is 4.42. The molecule has 30 heavy (non-hydrogen) atoms. The Morgan fingerprint density at radius 3 is 2.27 bits per heavy atom. The SMILES string of the molecule is CC(C)c1ccc(S(=O)(=O)N(Cc2cccs2)c2ccc(CC(=O)N[O-])cc2)cc1.